The molecule has 0 saturated heterocycles. The molecular weight excluding hydrogens is 276 g/mol. The molecule has 0 aliphatic heterocycles. The lowest BCUT2D eigenvalue weighted by Crippen LogP contribution is -2.37. The fourth-order valence-corrected chi connectivity index (χ4v) is 2.36. The van der Waals surface area contributed by atoms with Crippen molar-refractivity contribution >= 4 is 21.4 Å². The van der Waals surface area contributed by atoms with Crippen LogP contribution in [0.3, 0.4) is 0 Å². The Labute approximate surface area is 120 Å². The molecule has 0 heterocycles. The van der Waals surface area contributed by atoms with E-state index in [1.54, 1.807) is 6.07 Å². The number of anilines is 1. The average molecular weight is 298 g/mol. The number of hydrogen-bond acceptors (Lipinski definition) is 4. The minimum atomic E-state index is -3.10. The molecule has 3 N–H and O–H groups in total. The summed E-state index contributed by atoms with van der Waals surface area (Å²) in [4.78, 5) is 11.9. The predicted molar refractivity (Wildman–Crippen MR) is 81.5 cm³/mol. The van der Waals surface area contributed by atoms with Crippen molar-refractivity contribution in [2.75, 3.05) is 17.3 Å². The summed E-state index contributed by atoms with van der Waals surface area (Å²) in [6.45, 7) is 4.14. The molecule has 20 heavy (non-hydrogen) atoms. The molecule has 1 atom stereocenters. The molecule has 0 saturated carbocycles. The van der Waals surface area contributed by atoms with Gasteiger partial charge < -0.3 is 11.1 Å². The van der Waals surface area contributed by atoms with E-state index in [0.717, 1.165) is 11.8 Å². The van der Waals surface area contributed by atoms with Gasteiger partial charge in [0.15, 0.2) is 0 Å². The van der Waals surface area contributed by atoms with Crippen LogP contribution in [-0.2, 0) is 14.6 Å². The van der Waals surface area contributed by atoms with Gasteiger partial charge in [0.1, 0.15) is 9.84 Å². The fourth-order valence-electron chi connectivity index (χ4n) is 1.68. The molecule has 1 amide bonds. The van der Waals surface area contributed by atoms with Gasteiger partial charge in [0.05, 0.1) is 11.8 Å². The molecule has 0 aliphatic carbocycles. The van der Waals surface area contributed by atoms with Crippen molar-refractivity contribution in [3.63, 3.8) is 0 Å². The molecular formula is C14H22N2O3S. The first-order valence-corrected chi connectivity index (χ1v) is 8.59. The van der Waals surface area contributed by atoms with Crippen LogP contribution in [0.1, 0.15) is 31.7 Å². The van der Waals surface area contributed by atoms with Gasteiger partial charge in [0.25, 0.3) is 0 Å². The van der Waals surface area contributed by atoms with Gasteiger partial charge in [-0.1, -0.05) is 26.0 Å². The van der Waals surface area contributed by atoms with Crippen molar-refractivity contribution in [2.45, 2.75) is 32.2 Å². The Hall–Kier alpha value is -1.40. The van der Waals surface area contributed by atoms with Gasteiger partial charge in [-0.25, -0.2) is 8.42 Å². The van der Waals surface area contributed by atoms with Crippen molar-refractivity contribution < 1.29 is 13.2 Å². The van der Waals surface area contributed by atoms with Crippen LogP contribution in [0.2, 0.25) is 0 Å². The van der Waals surface area contributed by atoms with Gasteiger partial charge in [0, 0.05) is 11.9 Å². The van der Waals surface area contributed by atoms with Gasteiger partial charge in [-0.15, -0.1) is 0 Å². The van der Waals surface area contributed by atoms with Crippen molar-refractivity contribution in [1.29, 1.82) is 0 Å². The number of sulfone groups is 1. The first kappa shape index (κ1) is 16.7. The zero-order valence-electron chi connectivity index (χ0n) is 12.1. The van der Waals surface area contributed by atoms with Crippen LogP contribution < -0.4 is 11.1 Å². The molecule has 1 aromatic carbocycles. The largest absolute Gasteiger partial charge is 0.325 e. The van der Waals surface area contributed by atoms with Gasteiger partial charge in [-0.3, -0.25) is 4.79 Å². The Morgan fingerprint density at radius 2 is 2.00 bits per heavy atom. The molecule has 1 rings (SSSR count). The third kappa shape index (κ3) is 5.71. The first-order chi connectivity index (χ1) is 9.19. The lowest BCUT2D eigenvalue weighted by molar-refractivity contribution is -0.117. The maximum Gasteiger partial charge on any atom is 0.241 e. The normalized spacial score (nSPS) is 13.2. The van der Waals surface area contributed by atoms with Gasteiger partial charge in [0.2, 0.25) is 5.91 Å². The molecule has 0 bridgehead atoms. The first-order valence-electron chi connectivity index (χ1n) is 6.53. The maximum absolute atomic E-state index is 11.9. The van der Waals surface area contributed by atoms with Gasteiger partial charge in [-0.05, 0) is 30.0 Å². The summed E-state index contributed by atoms with van der Waals surface area (Å²) in [5.74, 6) is -0.0894. The Kier molecular flexibility index (Phi) is 5.71. The van der Waals surface area contributed by atoms with E-state index >= 15 is 0 Å². The smallest absolute Gasteiger partial charge is 0.241 e. The van der Waals surface area contributed by atoms with E-state index in [4.69, 9.17) is 5.73 Å². The Bertz CT molecular complexity index is 568. The standard InChI is InChI=1S/C14H22N2O3S/c1-10(2)11-5-4-6-12(9-11)16-14(17)13(15)7-8-20(3,18)19/h4-6,9-10,13H,7-8,15H2,1-3H3,(H,16,17). The minimum Gasteiger partial charge on any atom is -0.325 e. The lowest BCUT2D eigenvalue weighted by atomic mass is 10.0. The number of hydrogen-bond donors (Lipinski definition) is 2. The van der Waals surface area contributed by atoms with Gasteiger partial charge >= 0.3 is 0 Å². The number of amides is 1. The Morgan fingerprint density at radius 3 is 2.55 bits per heavy atom. The number of carbonyl (C=O) groups is 1. The van der Waals surface area contributed by atoms with E-state index in [9.17, 15) is 13.2 Å². The molecule has 1 aromatic rings. The van der Waals surface area contributed by atoms with Crippen LogP contribution in [0.4, 0.5) is 5.69 Å². The van der Waals surface area contributed by atoms with E-state index in [1.165, 1.54) is 0 Å². The summed E-state index contributed by atoms with van der Waals surface area (Å²) in [6, 6.07) is 6.71. The van der Waals surface area contributed by atoms with Gasteiger partial charge in [-0.2, -0.15) is 0 Å². The number of nitrogens with one attached hydrogen (secondary N) is 1. The minimum absolute atomic E-state index is 0.0897. The van der Waals surface area contributed by atoms with Crippen molar-refractivity contribution in [3.05, 3.63) is 29.8 Å². The van der Waals surface area contributed by atoms with Crippen LogP contribution in [0.15, 0.2) is 24.3 Å². The van der Waals surface area contributed by atoms with Crippen molar-refractivity contribution in [3.8, 4) is 0 Å². The second-order valence-corrected chi connectivity index (χ2v) is 7.55. The summed E-state index contributed by atoms with van der Waals surface area (Å²) in [5.41, 5.74) is 7.49. The van der Waals surface area contributed by atoms with E-state index in [2.05, 4.69) is 19.2 Å². The second-order valence-electron chi connectivity index (χ2n) is 5.29. The highest BCUT2D eigenvalue weighted by Crippen LogP contribution is 2.18. The summed E-state index contributed by atoms with van der Waals surface area (Å²) in [6.07, 6.45) is 1.25. The molecule has 0 fully saturated rings. The monoisotopic (exact) mass is 298 g/mol. The number of benzene rings is 1. The third-order valence-corrected chi connectivity index (χ3v) is 3.93. The molecule has 1 unspecified atom stereocenters. The molecule has 0 spiro atoms. The molecule has 6 heteroatoms. The highest BCUT2D eigenvalue weighted by molar-refractivity contribution is 7.90. The number of carbonyl (C=O) groups excluding carboxylic acids is 1. The summed E-state index contributed by atoms with van der Waals surface area (Å²) >= 11 is 0. The van der Waals surface area contributed by atoms with Crippen molar-refractivity contribution in [1.82, 2.24) is 0 Å². The fraction of sp³-hybridized carbons (Fsp3) is 0.500. The topological polar surface area (TPSA) is 89.3 Å². The quantitative estimate of drug-likeness (QED) is 0.833. The molecule has 0 aliphatic rings. The SMILES string of the molecule is CC(C)c1cccc(NC(=O)C(N)CCS(C)(=O)=O)c1. The van der Waals surface area contributed by atoms with E-state index in [1.807, 2.05) is 18.2 Å². The number of rotatable bonds is 6. The highest BCUT2D eigenvalue weighted by atomic mass is 32.2. The predicted octanol–water partition coefficient (Wildman–Crippen LogP) is 1.51. The Balaban J connectivity index is 2.63. The van der Waals surface area contributed by atoms with Crippen LogP contribution in [-0.4, -0.2) is 32.4 Å². The summed E-state index contributed by atoms with van der Waals surface area (Å²) < 4.78 is 22.1. The molecule has 5 nitrogen and oxygen atoms in total. The maximum atomic E-state index is 11.9. The lowest BCUT2D eigenvalue weighted by Gasteiger charge is -2.13. The molecule has 0 radical (unpaired) electrons. The van der Waals surface area contributed by atoms with E-state index in [-0.39, 0.29) is 18.1 Å². The second kappa shape index (κ2) is 6.85. The molecule has 0 aromatic heterocycles. The summed E-state index contributed by atoms with van der Waals surface area (Å²) in [5, 5.41) is 2.71. The number of nitrogens with two attached hydrogens (primary N) is 1. The average Bonchev–Trinajstić information content (AvgIpc) is 2.35. The van der Waals surface area contributed by atoms with Crippen LogP contribution >= 0.6 is 0 Å². The van der Waals surface area contributed by atoms with Crippen LogP contribution in [0.25, 0.3) is 0 Å². The van der Waals surface area contributed by atoms with E-state index in [0.29, 0.717) is 11.6 Å². The highest BCUT2D eigenvalue weighted by Gasteiger charge is 2.16. The zero-order valence-corrected chi connectivity index (χ0v) is 12.9. The third-order valence-electron chi connectivity index (χ3n) is 2.96. The van der Waals surface area contributed by atoms with E-state index < -0.39 is 15.9 Å². The molecule has 112 valence electrons. The van der Waals surface area contributed by atoms with Crippen LogP contribution in [0.5, 0.6) is 0 Å². The Morgan fingerprint density at radius 1 is 1.35 bits per heavy atom. The van der Waals surface area contributed by atoms with Crippen molar-refractivity contribution in [2.24, 2.45) is 5.73 Å². The van der Waals surface area contributed by atoms with Crippen LogP contribution in [0, 0.1) is 0 Å². The zero-order chi connectivity index (χ0) is 15.3. The summed E-state index contributed by atoms with van der Waals surface area (Å²) in [7, 11) is -3.10.